The summed E-state index contributed by atoms with van der Waals surface area (Å²) in [6.07, 6.45) is 4.11. The number of pyridine rings is 1. The molecule has 7 heteroatoms. The van der Waals surface area contributed by atoms with E-state index in [1.165, 1.54) is 0 Å². The molecule has 1 aliphatic heterocycles. The summed E-state index contributed by atoms with van der Waals surface area (Å²) in [7, 11) is 4.00. The van der Waals surface area contributed by atoms with Gasteiger partial charge in [0.15, 0.2) is 0 Å². The average Bonchev–Trinajstić information content (AvgIpc) is 3.29. The van der Waals surface area contributed by atoms with Crippen molar-refractivity contribution in [3.8, 4) is 17.0 Å². The molecule has 1 saturated heterocycles. The number of carbonyl (C=O) groups excluding carboxylic acids is 1. The van der Waals surface area contributed by atoms with Crippen molar-refractivity contribution in [1.82, 2.24) is 14.3 Å². The maximum Gasteiger partial charge on any atom is 0.321 e. The zero-order chi connectivity index (χ0) is 25.9. The standard InChI is InChI=1S/C30H35N5O2/c1-21(2)37-26-11-7-9-22(19-26)28-27-12-5-6-18-35(27)29(32-28)23-10-8-17-34(20-23)30(36)31-24-13-15-25(16-14-24)33(3)4/h5-7,9,11-16,18-19,21,23H,8,10,17,20H2,1-4H3,(H,31,36)/t23-/m1/s1. The van der Waals surface area contributed by atoms with Crippen molar-refractivity contribution in [1.29, 1.82) is 0 Å². The maximum atomic E-state index is 13.1. The molecule has 2 aromatic carbocycles. The third-order valence-electron chi connectivity index (χ3n) is 6.76. The Morgan fingerprint density at radius 3 is 2.65 bits per heavy atom. The molecule has 4 aromatic rings. The Balaban J connectivity index is 1.38. The van der Waals surface area contributed by atoms with Gasteiger partial charge in [0.1, 0.15) is 11.6 Å². The Hall–Kier alpha value is -4.00. The summed E-state index contributed by atoms with van der Waals surface area (Å²) in [5, 5.41) is 3.07. The van der Waals surface area contributed by atoms with Crippen molar-refractivity contribution >= 4 is 22.9 Å². The summed E-state index contributed by atoms with van der Waals surface area (Å²) in [6.45, 7) is 5.43. The first-order chi connectivity index (χ1) is 17.9. The van der Waals surface area contributed by atoms with Crippen molar-refractivity contribution in [2.75, 3.05) is 37.4 Å². The van der Waals surface area contributed by atoms with Gasteiger partial charge in [0.25, 0.3) is 0 Å². The third-order valence-corrected chi connectivity index (χ3v) is 6.76. The van der Waals surface area contributed by atoms with Gasteiger partial charge in [-0.1, -0.05) is 18.2 Å². The second kappa shape index (κ2) is 10.5. The van der Waals surface area contributed by atoms with Gasteiger partial charge in [0.2, 0.25) is 0 Å². The second-order valence-corrected chi connectivity index (χ2v) is 10.1. The Morgan fingerprint density at radius 2 is 1.89 bits per heavy atom. The normalized spacial score (nSPS) is 15.7. The van der Waals surface area contributed by atoms with Crippen LogP contribution in [-0.2, 0) is 0 Å². The summed E-state index contributed by atoms with van der Waals surface area (Å²) < 4.78 is 8.11. The smallest absolute Gasteiger partial charge is 0.321 e. The summed E-state index contributed by atoms with van der Waals surface area (Å²) in [6, 6.07) is 22.1. The number of urea groups is 1. The Kier molecular flexibility index (Phi) is 7.04. The van der Waals surface area contributed by atoms with Crippen LogP contribution in [0, 0.1) is 0 Å². The highest BCUT2D eigenvalue weighted by atomic mass is 16.5. The summed E-state index contributed by atoms with van der Waals surface area (Å²) >= 11 is 0. The van der Waals surface area contributed by atoms with E-state index in [-0.39, 0.29) is 18.1 Å². The van der Waals surface area contributed by atoms with Crippen LogP contribution in [0.1, 0.15) is 38.4 Å². The van der Waals surface area contributed by atoms with Gasteiger partial charge in [-0.2, -0.15) is 0 Å². The molecular weight excluding hydrogens is 462 g/mol. The lowest BCUT2D eigenvalue weighted by Crippen LogP contribution is -2.42. The number of amides is 2. The molecule has 1 N–H and O–H groups in total. The molecule has 0 saturated carbocycles. The van der Waals surface area contributed by atoms with Crippen molar-refractivity contribution in [2.24, 2.45) is 0 Å². The predicted octanol–water partition coefficient (Wildman–Crippen LogP) is 6.27. The van der Waals surface area contributed by atoms with E-state index in [1.807, 2.05) is 86.3 Å². The number of imidazole rings is 1. The van der Waals surface area contributed by atoms with E-state index in [0.717, 1.165) is 59.1 Å². The largest absolute Gasteiger partial charge is 0.491 e. The topological polar surface area (TPSA) is 62.1 Å². The third kappa shape index (κ3) is 5.40. The quantitative estimate of drug-likeness (QED) is 0.341. The molecule has 1 atom stereocenters. The first-order valence-corrected chi connectivity index (χ1v) is 13.0. The molecule has 0 unspecified atom stereocenters. The van der Waals surface area contributed by atoms with Crippen LogP contribution in [0.5, 0.6) is 5.75 Å². The summed E-state index contributed by atoms with van der Waals surface area (Å²) in [5.74, 6) is 1.98. The molecule has 2 amide bonds. The molecular formula is C30H35N5O2. The first kappa shape index (κ1) is 24.7. The number of fused-ring (bicyclic) bond motifs is 1. The highest BCUT2D eigenvalue weighted by Gasteiger charge is 2.29. The summed E-state index contributed by atoms with van der Waals surface area (Å²) in [4.78, 5) is 22.2. The van der Waals surface area contributed by atoms with E-state index < -0.39 is 0 Å². The molecule has 3 heterocycles. The van der Waals surface area contributed by atoms with Crippen molar-refractivity contribution in [3.63, 3.8) is 0 Å². The fourth-order valence-corrected chi connectivity index (χ4v) is 4.97. The fraction of sp³-hybridized carbons (Fsp3) is 0.333. The number of nitrogens with one attached hydrogen (secondary N) is 1. The van der Waals surface area contributed by atoms with Gasteiger partial charge >= 0.3 is 6.03 Å². The fourth-order valence-electron chi connectivity index (χ4n) is 4.97. The van der Waals surface area contributed by atoms with Crippen molar-refractivity contribution in [3.05, 3.63) is 78.8 Å². The first-order valence-electron chi connectivity index (χ1n) is 13.0. The summed E-state index contributed by atoms with van der Waals surface area (Å²) in [5.41, 5.74) is 4.92. The van der Waals surface area contributed by atoms with Crippen LogP contribution < -0.4 is 15.0 Å². The van der Waals surface area contributed by atoms with E-state index in [4.69, 9.17) is 9.72 Å². The Labute approximate surface area is 218 Å². The number of piperidine rings is 1. The van der Waals surface area contributed by atoms with Crippen LogP contribution in [0.2, 0.25) is 0 Å². The van der Waals surface area contributed by atoms with E-state index in [9.17, 15) is 4.79 Å². The number of anilines is 2. The van der Waals surface area contributed by atoms with Crippen molar-refractivity contribution < 1.29 is 9.53 Å². The number of carbonyl (C=O) groups is 1. The van der Waals surface area contributed by atoms with Gasteiger partial charge in [-0.25, -0.2) is 9.78 Å². The molecule has 7 nitrogen and oxygen atoms in total. The Morgan fingerprint density at radius 1 is 1.08 bits per heavy atom. The maximum absolute atomic E-state index is 13.1. The molecule has 37 heavy (non-hydrogen) atoms. The zero-order valence-electron chi connectivity index (χ0n) is 22.0. The molecule has 1 aliphatic rings. The molecule has 5 rings (SSSR count). The average molecular weight is 498 g/mol. The van der Waals surface area contributed by atoms with E-state index >= 15 is 0 Å². The SMILES string of the molecule is CC(C)Oc1cccc(-c2nc([C@@H]3CCCN(C(=O)Nc4ccc(N(C)C)cc4)C3)n3ccccc23)c1. The van der Waals surface area contributed by atoms with Crippen LogP contribution in [0.3, 0.4) is 0 Å². The van der Waals surface area contributed by atoms with Gasteiger partial charge in [-0.3, -0.25) is 0 Å². The lowest BCUT2D eigenvalue weighted by Gasteiger charge is -2.32. The number of aromatic nitrogens is 2. The molecule has 0 bridgehead atoms. The van der Waals surface area contributed by atoms with Gasteiger partial charge in [-0.15, -0.1) is 0 Å². The number of benzene rings is 2. The zero-order valence-corrected chi connectivity index (χ0v) is 22.0. The van der Waals surface area contributed by atoms with Crippen LogP contribution >= 0.6 is 0 Å². The van der Waals surface area contributed by atoms with Gasteiger partial charge in [0, 0.05) is 56.2 Å². The van der Waals surface area contributed by atoms with Crippen LogP contribution in [0.15, 0.2) is 72.9 Å². The van der Waals surface area contributed by atoms with Crippen LogP contribution in [-0.4, -0.2) is 53.6 Å². The van der Waals surface area contributed by atoms with Crippen LogP contribution in [0.4, 0.5) is 16.2 Å². The molecule has 0 spiro atoms. The predicted molar refractivity (Wildman–Crippen MR) is 150 cm³/mol. The number of nitrogens with zero attached hydrogens (tertiary/aromatic N) is 4. The van der Waals surface area contributed by atoms with Crippen LogP contribution in [0.25, 0.3) is 16.8 Å². The van der Waals surface area contributed by atoms with Gasteiger partial charge in [0.05, 0.1) is 17.3 Å². The monoisotopic (exact) mass is 497 g/mol. The van der Waals surface area contributed by atoms with E-state index in [1.54, 1.807) is 0 Å². The van der Waals surface area contributed by atoms with Gasteiger partial charge in [-0.05, 0) is 75.2 Å². The number of rotatable bonds is 6. The molecule has 2 aromatic heterocycles. The van der Waals surface area contributed by atoms with E-state index in [0.29, 0.717) is 6.54 Å². The lowest BCUT2D eigenvalue weighted by atomic mass is 9.97. The minimum atomic E-state index is -0.0677. The number of hydrogen-bond donors (Lipinski definition) is 1. The minimum absolute atomic E-state index is 0.0677. The van der Waals surface area contributed by atoms with E-state index in [2.05, 4.69) is 34.1 Å². The highest BCUT2D eigenvalue weighted by molar-refractivity contribution is 5.89. The molecule has 1 fully saturated rings. The number of ether oxygens (including phenoxy) is 1. The Bertz CT molecular complexity index is 1380. The number of likely N-dealkylation sites (tertiary alicyclic amines) is 1. The molecule has 192 valence electrons. The molecule has 0 radical (unpaired) electrons. The number of hydrogen-bond acceptors (Lipinski definition) is 4. The molecule has 0 aliphatic carbocycles. The lowest BCUT2D eigenvalue weighted by molar-refractivity contribution is 0.191. The highest BCUT2D eigenvalue weighted by Crippen LogP contribution is 2.33. The second-order valence-electron chi connectivity index (χ2n) is 10.1. The van der Waals surface area contributed by atoms with Crippen molar-refractivity contribution in [2.45, 2.75) is 38.7 Å². The van der Waals surface area contributed by atoms with Gasteiger partial charge < -0.3 is 24.3 Å². The minimum Gasteiger partial charge on any atom is -0.491 e.